The van der Waals surface area contributed by atoms with Gasteiger partial charge in [0.2, 0.25) is 0 Å². The second-order valence-electron chi connectivity index (χ2n) is 7.61. The largest absolute Gasteiger partial charge is 0.494 e. The smallest absolute Gasteiger partial charge is 0.316 e. The first kappa shape index (κ1) is 24.0. The van der Waals surface area contributed by atoms with Crippen LogP contribution in [0.5, 0.6) is 17.2 Å². The summed E-state index contributed by atoms with van der Waals surface area (Å²) in [5, 5.41) is 0. The van der Waals surface area contributed by atoms with Gasteiger partial charge < -0.3 is 18.6 Å². The molecule has 0 aliphatic carbocycles. The molecule has 4 rings (SSSR count). The van der Waals surface area contributed by atoms with Crippen LogP contribution >= 0.6 is 0 Å². The lowest BCUT2D eigenvalue weighted by atomic mass is 10.2. The molecule has 4 aromatic rings. The van der Waals surface area contributed by atoms with Crippen molar-refractivity contribution in [3.8, 4) is 17.2 Å². The molecule has 0 fully saturated rings. The third-order valence-electron chi connectivity index (χ3n) is 5.32. The Kier molecular flexibility index (Phi) is 6.35. The van der Waals surface area contributed by atoms with Gasteiger partial charge in [0.15, 0.2) is 5.75 Å². The summed E-state index contributed by atoms with van der Waals surface area (Å²) in [6.07, 6.45) is 0. The molecule has 0 unspecified atom stereocenters. The fourth-order valence-corrected chi connectivity index (χ4v) is 4.67. The number of ether oxygens (including phenoxy) is 2. The number of anilines is 1. The number of nitrogens with zero attached hydrogens (tertiary/aromatic N) is 2. The first-order valence-electron chi connectivity index (χ1n) is 10.5. The first-order chi connectivity index (χ1) is 16.6. The van der Waals surface area contributed by atoms with E-state index in [4.69, 9.17) is 9.47 Å². The third-order valence-corrected chi connectivity index (χ3v) is 6.72. The Morgan fingerprint density at radius 1 is 0.886 bits per heavy atom. The van der Waals surface area contributed by atoms with Gasteiger partial charge in [0.25, 0.3) is 10.0 Å². The van der Waals surface area contributed by atoms with Gasteiger partial charge in [0.05, 0.1) is 23.3 Å². The number of aromatic nitrogens is 2. The van der Waals surface area contributed by atoms with Crippen LogP contribution in [0.15, 0.2) is 75.1 Å². The Morgan fingerprint density at radius 2 is 1.46 bits per heavy atom. The number of nitrogens with one attached hydrogen (secondary N) is 1. The van der Waals surface area contributed by atoms with Gasteiger partial charge in [-0.2, -0.15) is 0 Å². The zero-order valence-corrected chi connectivity index (χ0v) is 19.9. The summed E-state index contributed by atoms with van der Waals surface area (Å²) in [5.41, 5.74) is -1.01. The minimum Gasteiger partial charge on any atom is -0.494 e. The standard InChI is InChI=1S/C24H22FN3O6S/c1-4-33-15-9-11-16(12-10-15)34-21-14-20-19(27(2)23(29)24(30)28(20)3)13-18(21)26-35(31,32)22-8-6-5-7-17(22)25/h5-14,26H,4H2,1-3H3. The van der Waals surface area contributed by atoms with Crippen LogP contribution in [0, 0.1) is 5.82 Å². The van der Waals surface area contributed by atoms with Gasteiger partial charge in [-0.1, -0.05) is 12.1 Å². The molecule has 0 bridgehead atoms. The molecule has 0 spiro atoms. The van der Waals surface area contributed by atoms with E-state index < -0.39 is 31.9 Å². The number of hydrogen-bond acceptors (Lipinski definition) is 6. The highest BCUT2D eigenvalue weighted by Crippen LogP contribution is 2.35. The summed E-state index contributed by atoms with van der Waals surface area (Å²) in [6.45, 7) is 2.34. The molecule has 0 aliphatic heterocycles. The summed E-state index contributed by atoms with van der Waals surface area (Å²) >= 11 is 0. The van der Waals surface area contributed by atoms with Crippen LogP contribution in [-0.4, -0.2) is 24.2 Å². The van der Waals surface area contributed by atoms with Crippen molar-refractivity contribution < 1.29 is 22.3 Å². The van der Waals surface area contributed by atoms with Crippen LogP contribution in [-0.2, 0) is 24.1 Å². The van der Waals surface area contributed by atoms with E-state index in [-0.39, 0.29) is 17.0 Å². The molecule has 1 heterocycles. The van der Waals surface area contributed by atoms with Crippen molar-refractivity contribution in [2.75, 3.05) is 11.3 Å². The Hall–Kier alpha value is -4.12. The maximum absolute atomic E-state index is 14.3. The lowest BCUT2D eigenvalue weighted by Crippen LogP contribution is -2.39. The van der Waals surface area contributed by atoms with Crippen molar-refractivity contribution in [2.45, 2.75) is 11.8 Å². The van der Waals surface area contributed by atoms with Gasteiger partial charge in [-0.05, 0) is 49.4 Å². The van der Waals surface area contributed by atoms with Crippen LogP contribution in [0.2, 0.25) is 0 Å². The SMILES string of the molecule is CCOc1ccc(Oc2cc3c(cc2NS(=O)(=O)c2ccccc2F)n(C)c(=O)c(=O)n3C)cc1. The second-order valence-corrected chi connectivity index (χ2v) is 9.26. The number of halogens is 1. The minimum atomic E-state index is -4.36. The van der Waals surface area contributed by atoms with Gasteiger partial charge in [-0.3, -0.25) is 14.3 Å². The minimum absolute atomic E-state index is 0.0372. The van der Waals surface area contributed by atoms with Gasteiger partial charge in [-0.15, -0.1) is 0 Å². The van der Waals surface area contributed by atoms with E-state index in [1.807, 2.05) is 6.92 Å². The lowest BCUT2D eigenvalue weighted by molar-refractivity contribution is 0.339. The highest BCUT2D eigenvalue weighted by molar-refractivity contribution is 7.92. The molecule has 9 nitrogen and oxygen atoms in total. The molecular weight excluding hydrogens is 477 g/mol. The molecule has 182 valence electrons. The zero-order valence-electron chi connectivity index (χ0n) is 19.1. The molecule has 0 saturated carbocycles. The van der Waals surface area contributed by atoms with E-state index in [0.29, 0.717) is 23.6 Å². The van der Waals surface area contributed by atoms with Crippen molar-refractivity contribution in [1.29, 1.82) is 0 Å². The van der Waals surface area contributed by atoms with E-state index in [0.717, 1.165) is 21.3 Å². The predicted molar refractivity (Wildman–Crippen MR) is 129 cm³/mol. The van der Waals surface area contributed by atoms with Gasteiger partial charge in [0.1, 0.15) is 22.2 Å². The molecule has 1 aromatic heterocycles. The molecule has 3 aromatic carbocycles. The summed E-state index contributed by atoms with van der Waals surface area (Å²) < 4.78 is 56.2. The van der Waals surface area contributed by atoms with Crippen LogP contribution in [0.3, 0.4) is 0 Å². The molecule has 0 amide bonds. The van der Waals surface area contributed by atoms with Crippen LogP contribution in [0.1, 0.15) is 6.92 Å². The van der Waals surface area contributed by atoms with Crippen LogP contribution in [0.4, 0.5) is 10.1 Å². The normalized spacial score (nSPS) is 11.4. The average molecular weight is 500 g/mol. The molecule has 0 atom stereocenters. The van der Waals surface area contributed by atoms with Crippen molar-refractivity contribution in [3.05, 3.63) is 87.2 Å². The summed E-state index contributed by atoms with van der Waals surface area (Å²) in [7, 11) is -1.54. The summed E-state index contributed by atoms with van der Waals surface area (Å²) in [4.78, 5) is 24.1. The van der Waals surface area contributed by atoms with Crippen molar-refractivity contribution in [1.82, 2.24) is 9.13 Å². The monoisotopic (exact) mass is 499 g/mol. The second kappa shape index (κ2) is 9.26. The molecule has 11 heteroatoms. The van der Waals surface area contributed by atoms with E-state index in [1.54, 1.807) is 24.3 Å². The molecule has 0 aliphatic rings. The Balaban J connectivity index is 1.89. The van der Waals surface area contributed by atoms with Crippen molar-refractivity contribution in [2.24, 2.45) is 14.1 Å². The highest BCUT2D eigenvalue weighted by atomic mass is 32.2. The highest BCUT2D eigenvalue weighted by Gasteiger charge is 2.22. The van der Waals surface area contributed by atoms with Crippen LogP contribution < -0.4 is 25.3 Å². The third kappa shape index (κ3) is 4.62. The van der Waals surface area contributed by atoms with E-state index in [1.165, 1.54) is 38.4 Å². The molecule has 0 radical (unpaired) electrons. The number of fused-ring (bicyclic) bond motifs is 1. The topological polar surface area (TPSA) is 109 Å². The predicted octanol–water partition coefficient (Wildman–Crippen LogP) is 3.37. The number of sulfonamides is 1. The van der Waals surface area contributed by atoms with Crippen LogP contribution in [0.25, 0.3) is 11.0 Å². The van der Waals surface area contributed by atoms with Gasteiger partial charge in [0, 0.05) is 20.2 Å². The first-order valence-corrected chi connectivity index (χ1v) is 12.0. The van der Waals surface area contributed by atoms with E-state index >= 15 is 0 Å². The maximum Gasteiger partial charge on any atom is 0.316 e. The molecule has 35 heavy (non-hydrogen) atoms. The fraction of sp³-hybridized carbons (Fsp3) is 0.167. The Labute approximate surface area is 200 Å². The van der Waals surface area contributed by atoms with E-state index in [2.05, 4.69) is 4.72 Å². The summed E-state index contributed by atoms with van der Waals surface area (Å²) in [6, 6.07) is 14.4. The fourth-order valence-electron chi connectivity index (χ4n) is 3.52. The molecule has 0 saturated heterocycles. The van der Waals surface area contributed by atoms with Gasteiger partial charge in [-0.25, -0.2) is 12.8 Å². The number of rotatable bonds is 7. The Bertz CT molecular complexity index is 1640. The summed E-state index contributed by atoms with van der Waals surface area (Å²) in [5.74, 6) is 0.0880. The average Bonchev–Trinajstić information content (AvgIpc) is 2.83. The van der Waals surface area contributed by atoms with Crippen molar-refractivity contribution in [3.63, 3.8) is 0 Å². The zero-order chi connectivity index (χ0) is 25.3. The molecular formula is C24H22FN3O6S. The van der Waals surface area contributed by atoms with E-state index in [9.17, 15) is 22.4 Å². The number of hydrogen-bond donors (Lipinski definition) is 1. The van der Waals surface area contributed by atoms with Crippen molar-refractivity contribution >= 4 is 26.7 Å². The number of benzene rings is 3. The lowest BCUT2D eigenvalue weighted by Gasteiger charge is -2.17. The Morgan fingerprint density at radius 3 is 2.06 bits per heavy atom. The van der Waals surface area contributed by atoms with Gasteiger partial charge >= 0.3 is 11.1 Å². The molecule has 1 N–H and O–H groups in total. The number of aryl methyl sites for hydroxylation is 2. The maximum atomic E-state index is 14.3. The quantitative estimate of drug-likeness (QED) is 0.391.